The van der Waals surface area contributed by atoms with E-state index < -0.39 is 32.7 Å². The molecule has 1 saturated heterocycles. The normalized spacial score (nSPS) is 19.5. The van der Waals surface area contributed by atoms with Gasteiger partial charge in [0.25, 0.3) is 15.9 Å². The van der Waals surface area contributed by atoms with E-state index in [1.54, 1.807) is 4.72 Å². The van der Waals surface area contributed by atoms with E-state index in [0.29, 0.717) is 6.61 Å². The summed E-state index contributed by atoms with van der Waals surface area (Å²) < 4.78 is 50.2. The summed E-state index contributed by atoms with van der Waals surface area (Å²) in [6.07, 6.45) is 0.668. The molecule has 0 saturated carbocycles. The molecule has 0 spiro atoms. The molecule has 2 atom stereocenters. The molecule has 1 aromatic carbocycles. The molecule has 2 rings (SSSR count). The number of rotatable bonds is 6. The number of carbonyl (C=O) groups is 1. The summed E-state index contributed by atoms with van der Waals surface area (Å²) in [6, 6.07) is 3.07. The van der Waals surface area contributed by atoms with E-state index >= 15 is 0 Å². The van der Waals surface area contributed by atoms with Crippen LogP contribution in [0.25, 0.3) is 0 Å². The van der Waals surface area contributed by atoms with Crippen LogP contribution >= 0.6 is 11.6 Å². The Balaban J connectivity index is 1.97. The number of hydrogen-bond donors (Lipinski definition) is 1. The van der Waals surface area contributed by atoms with E-state index in [2.05, 4.69) is 0 Å². The van der Waals surface area contributed by atoms with Gasteiger partial charge >= 0.3 is 0 Å². The number of nitrogens with one attached hydrogen (secondary N) is 1. The minimum atomic E-state index is -4.33. The highest BCUT2D eigenvalue weighted by atomic mass is 35.5. The lowest BCUT2D eigenvalue weighted by molar-refractivity contribution is -0.131. The van der Waals surface area contributed by atoms with Gasteiger partial charge in [0.2, 0.25) is 0 Å². The van der Waals surface area contributed by atoms with Crippen LogP contribution in [0.3, 0.4) is 0 Å². The van der Waals surface area contributed by atoms with Gasteiger partial charge in [0, 0.05) is 11.6 Å². The molecule has 23 heavy (non-hydrogen) atoms. The zero-order chi connectivity index (χ0) is 17.0. The summed E-state index contributed by atoms with van der Waals surface area (Å²) in [6.45, 7) is 2.26. The number of halogens is 2. The molecule has 1 aliphatic heterocycles. The quantitative estimate of drug-likeness (QED) is 0.832. The predicted molar refractivity (Wildman–Crippen MR) is 81.1 cm³/mol. The second kappa shape index (κ2) is 7.57. The zero-order valence-electron chi connectivity index (χ0n) is 12.4. The van der Waals surface area contributed by atoms with Crippen molar-refractivity contribution < 1.29 is 27.1 Å². The third kappa shape index (κ3) is 4.87. The molecule has 1 N–H and O–H groups in total. The summed E-state index contributed by atoms with van der Waals surface area (Å²) in [4.78, 5) is 11.3. The van der Waals surface area contributed by atoms with Crippen molar-refractivity contribution in [1.82, 2.24) is 4.72 Å². The van der Waals surface area contributed by atoms with E-state index in [9.17, 15) is 17.6 Å². The summed E-state index contributed by atoms with van der Waals surface area (Å²) in [7, 11) is -4.33. The van der Waals surface area contributed by atoms with Gasteiger partial charge in [0.1, 0.15) is 16.8 Å². The summed E-state index contributed by atoms with van der Waals surface area (Å²) in [5.74, 6) is -1.91. The number of sulfonamides is 1. The first-order chi connectivity index (χ1) is 10.8. The van der Waals surface area contributed by atoms with Gasteiger partial charge in [-0.3, -0.25) is 4.79 Å². The molecular weight excluding hydrogens is 349 g/mol. The Labute approximate surface area is 139 Å². The number of hydrogen-bond acceptors (Lipinski definition) is 5. The molecule has 1 aliphatic rings. The minimum absolute atomic E-state index is 0.0565. The van der Waals surface area contributed by atoms with Gasteiger partial charge in [0.15, 0.2) is 0 Å². The highest BCUT2D eigenvalue weighted by Gasteiger charge is 2.26. The predicted octanol–water partition coefficient (Wildman–Crippen LogP) is 1.87. The van der Waals surface area contributed by atoms with Crippen molar-refractivity contribution in [2.75, 3.05) is 13.2 Å². The maximum atomic E-state index is 13.7. The Morgan fingerprint density at radius 3 is 2.91 bits per heavy atom. The average molecular weight is 366 g/mol. The van der Waals surface area contributed by atoms with Crippen LogP contribution in [-0.4, -0.2) is 39.7 Å². The Hall–Kier alpha value is -1.22. The molecule has 0 bridgehead atoms. The highest BCUT2D eigenvalue weighted by Crippen LogP contribution is 2.19. The van der Waals surface area contributed by atoms with Crippen molar-refractivity contribution in [3.63, 3.8) is 0 Å². The second-order valence-electron chi connectivity index (χ2n) is 5.16. The van der Waals surface area contributed by atoms with Crippen LogP contribution < -0.4 is 4.72 Å². The van der Waals surface area contributed by atoms with Crippen molar-refractivity contribution >= 4 is 27.5 Å². The third-order valence-corrected chi connectivity index (χ3v) is 4.96. The van der Waals surface area contributed by atoms with Crippen LogP contribution in [-0.2, 0) is 24.3 Å². The van der Waals surface area contributed by atoms with Gasteiger partial charge in [-0.25, -0.2) is 17.5 Å². The topological polar surface area (TPSA) is 81.7 Å². The molecule has 0 aliphatic carbocycles. The zero-order valence-corrected chi connectivity index (χ0v) is 14.0. The van der Waals surface area contributed by atoms with Gasteiger partial charge in [-0.2, -0.15) is 0 Å². The van der Waals surface area contributed by atoms with Crippen molar-refractivity contribution in [2.45, 2.75) is 36.9 Å². The molecule has 1 aromatic rings. The van der Waals surface area contributed by atoms with Crippen LogP contribution in [0.5, 0.6) is 0 Å². The molecule has 1 fully saturated rings. The largest absolute Gasteiger partial charge is 0.376 e. The molecule has 6 nitrogen and oxygen atoms in total. The van der Waals surface area contributed by atoms with E-state index in [1.165, 1.54) is 13.0 Å². The fourth-order valence-electron chi connectivity index (χ4n) is 2.07. The number of amides is 1. The van der Waals surface area contributed by atoms with Crippen LogP contribution in [0.4, 0.5) is 4.39 Å². The lowest BCUT2D eigenvalue weighted by atomic mass is 10.2. The van der Waals surface area contributed by atoms with Crippen LogP contribution in [0, 0.1) is 5.82 Å². The maximum Gasteiger partial charge on any atom is 0.267 e. The average Bonchev–Trinajstić information content (AvgIpc) is 2.96. The van der Waals surface area contributed by atoms with Crippen molar-refractivity contribution in [3.8, 4) is 0 Å². The lowest BCUT2D eigenvalue weighted by Gasteiger charge is -2.16. The van der Waals surface area contributed by atoms with E-state index in [4.69, 9.17) is 21.1 Å². The van der Waals surface area contributed by atoms with Crippen LogP contribution in [0.2, 0.25) is 5.02 Å². The minimum Gasteiger partial charge on any atom is -0.376 e. The SMILES string of the molecule is C[C@@H](OC[C@H]1CCCO1)C(=O)NS(=O)(=O)c1ccc(Cl)cc1F. The molecular formula is C14H17ClFNO5S. The fraction of sp³-hybridized carbons (Fsp3) is 0.500. The van der Waals surface area contributed by atoms with Crippen molar-refractivity contribution in [1.29, 1.82) is 0 Å². The fourth-order valence-corrected chi connectivity index (χ4v) is 3.33. The molecule has 9 heteroatoms. The number of ether oxygens (including phenoxy) is 2. The van der Waals surface area contributed by atoms with E-state index in [1.807, 2.05) is 0 Å². The molecule has 0 unspecified atom stereocenters. The Morgan fingerprint density at radius 2 is 2.30 bits per heavy atom. The van der Waals surface area contributed by atoms with Crippen LogP contribution in [0.15, 0.2) is 23.1 Å². The Bertz CT molecular complexity index is 676. The highest BCUT2D eigenvalue weighted by molar-refractivity contribution is 7.90. The van der Waals surface area contributed by atoms with Gasteiger partial charge in [-0.15, -0.1) is 0 Å². The maximum absolute atomic E-state index is 13.7. The van der Waals surface area contributed by atoms with Crippen LogP contribution in [0.1, 0.15) is 19.8 Å². The molecule has 0 aromatic heterocycles. The molecule has 1 amide bonds. The Morgan fingerprint density at radius 1 is 1.57 bits per heavy atom. The lowest BCUT2D eigenvalue weighted by Crippen LogP contribution is -2.39. The summed E-state index contributed by atoms with van der Waals surface area (Å²) in [5, 5.41) is 0.0565. The smallest absolute Gasteiger partial charge is 0.267 e. The first-order valence-electron chi connectivity index (χ1n) is 7.04. The van der Waals surface area contributed by atoms with Crippen molar-refractivity contribution in [2.24, 2.45) is 0 Å². The molecule has 1 heterocycles. The Kier molecular flexibility index (Phi) is 5.96. The number of carbonyl (C=O) groups excluding carboxylic acids is 1. The van der Waals surface area contributed by atoms with E-state index in [-0.39, 0.29) is 17.7 Å². The van der Waals surface area contributed by atoms with Crippen molar-refractivity contribution in [3.05, 3.63) is 29.0 Å². The van der Waals surface area contributed by atoms with Gasteiger partial charge in [-0.05, 0) is 38.0 Å². The summed E-state index contributed by atoms with van der Waals surface area (Å²) in [5.41, 5.74) is 0. The molecule has 128 valence electrons. The van der Waals surface area contributed by atoms with E-state index in [0.717, 1.165) is 25.0 Å². The first-order valence-corrected chi connectivity index (χ1v) is 8.90. The second-order valence-corrected chi connectivity index (χ2v) is 7.24. The summed E-state index contributed by atoms with van der Waals surface area (Å²) >= 11 is 5.57. The van der Waals surface area contributed by atoms with Gasteiger partial charge in [-0.1, -0.05) is 11.6 Å². The van der Waals surface area contributed by atoms with Gasteiger partial charge in [0.05, 0.1) is 12.7 Å². The number of benzene rings is 1. The monoisotopic (exact) mass is 365 g/mol. The third-order valence-electron chi connectivity index (χ3n) is 3.34. The molecule has 0 radical (unpaired) electrons. The van der Waals surface area contributed by atoms with Gasteiger partial charge < -0.3 is 9.47 Å². The first kappa shape index (κ1) is 18.1. The standard InChI is InChI=1S/C14H17ClFNO5S/c1-9(22-8-11-3-2-6-21-11)14(18)17-23(19,20)13-5-4-10(15)7-12(13)16/h4-5,7,9,11H,2-3,6,8H2,1H3,(H,17,18)/t9-,11-/m1/s1.